The number of benzene rings is 5. The van der Waals surface area contributed by atoms with Gasteiger partial charge in [0.25, 0.3) is 0 Å². The van der Waals surface area contributed by atoms with Crippen LogP contribution in [0.4, 0.5) is 105 Å². The first-order valence-corrected chi connectivity index (χ1v) is 21.8. The molecular weight excluding hydrogens is 1220 g/mol. The van der Waals surface area contributed by atoms with Crippen LogP contribution in [0.3, 0.4) is 0 Å². The number of halogens is 26. The number of carbonyl (C=O) groups is 1. The number of ketones is 1. The van der Waals surface area contributed by atoms with Crippen LogP contribution < -0.4 is 26.4 Å². The van der Waals surface area contributed by atoms with Crippen LogP contribution in [-0.4, -0.2) is 16.9 Å². The van der Waals surface area contributed by atoms with Gasteiger partial charge < -0.3 is 0 Å². The van der Waals surface area contributed by atoms with Crippen LogP contribution in [0.15, 0.2) is 125 Å². The van der Waals surface area contributed by atoms with Gasteiger partial charge in [0.2, 0.25) is 18.0 Å². The Bertz CT molecular complexity index is 2670. The van der Waals surface area contributed by atoms with Crippen molar-refractivity contribution in [2.24, 2.45) is 0 Å². The number of nitrogens with zero attached hydrogens (tertiary/aromatic N) is 2. The van der Waals surface area contributed by atoms with Crippen molar-refractivity contribution >= 4 is 71.7 Å². The van der Waals surface area contributed by atoms with E-state index in [0.29, 0.717) is 5.56 Å². The molecule has 0 bridgehead atoms. The van der Waals surface area contributed by atoms with Crippen molar-refractivity contribution in [1.29, 1.82) is 0 Å². The predicted molar refractivity (Wildman–Crippen MR) is 231 cm³/mol. The van der Waals surface area contributed by atoms with Gasteiger partial charge in [-0.15, -0.1) is 0 Å². The van der Waals surface area contributed by atoms with Gasteiger partial charge in [0.05, 0.1) is 60.3 Å². The smallest absolute Gasteiger partial charge is 0.287 e. The van der Waals surface area contributed by atoms with Gasteiger partial charge in [-0.1, -0.05) is 78.9 Å². The van der Waals surface area contributed by atoms with Gasteiger partial charge >= 0.3 is 49.4 Å². The zero-order chi connectivity index (χ0) is 57.6. The van der Waals surface area contributed by atoms with E-state index >= 15 is 0 Å². The number of rotatable bonds is 8. The van der Waals surface area contributed by atoms with Crippen LogP contribution in [0.25, 0.3) is 6.08 Å². The first kappa shape index (κ1) is 60.8. The molecule has 0 amide bonds. The van der Waals surface area contributed by atoms with E-state index in [0.717, 1.165) is 9.09 Å². The summed E-state index contributed by atoms with van der Waals surface area (Å²) >= 11 is 6.62. The fourth-order valence-electron chi connectivity index (χ4n) is 7.72. The minimum absolute atomic E-state index is 0.0668. The highest BCUT2D eigenvalue weighted by atomic mass is 79.9. The summed E-state index contributed by atoms with van der Waals surface area (Å²) in [6.45, 7) is 0.283. The van der Waals surface area contributed by atoms with E-state index in [2.05, 4.69) is 36.8 Å². The highest BCUT2D eigenvalue weighted by molar-refractivity contribution is 9.28. The molecule has 0 atom stereocenters. The van der Waals surface area contributed by atoms with E-state index in [9.17, 15) is 110 Å². The molecule has 1 aromatic heterocycles. The Labute approximate surface area is 427 Å². The monoisotopic (exact) mass is 1240 g/mol. The van der Waals surface area contributed by atoms with Crippen molar-refractivity contribution in [3.05, 3.63) is 181 Å². The van der Waals surface area contributed by atoms with Crippen LogP contribution in [0.2, 0.25) is 0 Å². The minimum atomic E-state index is -6.13. The van der Waals surface area contributed by atoms with Gasteiger partial charge in [0.15, 0.2) is 6.20 Å². The van der Waals surface area contributed by atoms with Crippen LogP contribution in [0.5, 0.6) is 0 Å². The predicted octanol–water partition coefficient (Wildman–Crippen LogP) is 14.6. The maximum absolute atomic E-state index is 14.2. The molecule has 0 aliphatic rings. The van der Waals surface area contributed by atoms with Gasteiger partial charge in [0, 0.05) is 11.6 Å². The van der Waals surface area contributed by atoms with Crippen LogP contribution in [0, 0.1) is 0 Å². The molecule has 0 saturated heterocycles. The zero-order valence-corrected chi connectivity index (χ0v) is 39.7. The molecule has 0 N–H and O–H groups in total. The van der Waals surface area contributed by atoms with E-state index in [4.69, 9.17) is 0 Å². The number of hydrogen-bond acceptors (Lipinski definition) is 2. The highest BCUT2D eigenvalue weighted by Gasteiger charge is 2.47. The summed E-state index contributed by atoms with van der Waals surface area (Å²) < 4.78 is 343. The summed E-state index contributed by atoms with van der Waals surface area (Å²) in [5, 5.41) is 0. The van der Waals surface area contributed by atoms with Gasteiger partial charge in [-0.3, -0.25) is 9.78 Å². The molecule has 0 aliphatic heterocycles. The average Bonchev–Trinajstić information content (AvgIpc) is 3.27. The molecule has 1 heterocycles. The standard InChI is InChI=1S/C32H12BF24.C14H11Br2N2O/c34-25(35,36)13-1-14(26(37,38)39)6-21(5-13)33(22-7-15(27(40,41)42)2-16(8-22)28(43,44)45,23-9-17(29(46,47)48)3-18(10-23)30(49,50)51)24-11-19(31(52,53)54)4-20(12-24)32(55,56)57;15-14(16)8-12-9-17-6-7-18(12)10-13(19)11-4-2-1-3-5-11/h1-12H;1-9H,10H2/q-1;+1. The molecule has 0 spiro atoms. The van der Waals surface area contributed by atoms with Gasteiger partial charge in [-0.05, 0) is 56.1 Å². The first-order chi connectivity index (χ1) is 34.4. The number of Topliss-reactive ketones (excluding diaryl/α,β-unsaturated/α-hetero) is 1. The maximum atomic E-state index is 14.2. The van der Waals surface area contributed by atoms with Crippen molar-refractivity contribution in [3.8, 4) is 0 Å². The molecule has 408 valence electrons. The summed E-state index contributed by atoms with van der Waals surface area (Å²) in [6.07, 6.45) is -47.8. The van der Waals surface area contributed by atoms with Gasteiger partial charge in [-0.25, -0.2) is 0 Å². The molecule has 6 rings (SSSR count). The second kappa shape index (κ2) is 21.4. The SMILES string of the molecule is FC(F)(F)c1cc([B-](c2cc(C(F)(F)F)cc(C(F)(F)F)c2)(c2cc(C(F)(F)F)cc(C(F)(F)F)c2)c2cc(C(F)(F)F)cc(C(F)(F)F)c2)cc(C(F)(F)F)c1.O=C(C[n+]1ccncc1C=C(Br)Br)c1ccccc1. The summed E-state index contributed by atoms with van der Waals surface area (Å²) in [6, 6.07) is 0.447. The molecule has 0 unspecified atom stereocenters. The van der Waals surface area contributed by atoms with Crippen molar-refractivity contribution in [3.63, 3.8) is 0 Å². The number of carbonyl (C=O) groups excluding carboxylic acids is 1. The third-order valence-corrected chi connectivity index (χ3v) is 11.4. The summed E-state index contributed by atoms with van der Waals surface area (Å²) in [5.41, 5.74) is -28.7. The van der Waals surface area contributed by atoms with Crippen molar-refractivity contribution < 1.29 is 115 Å². The normalized spacial score (nSPS) is 13.2. The van der Waals surface area contributed by atoms with E-state index < -0.39 is 195 Å². The maximum Gasteiger partial charge on any atom is 0.416 e. The Hall–Kier alpha value is -6.07. The summed E-state index contributed by atoms with van der Waals surface area (Å²) in [7, 11) is 0. The lowest BCUT2D eigenvalue weighted by atomic mass is 9.12. The second-order valence-corrected chi connectivity index (χ2v) is 18.8. The fraction of sp³-hybridized carbons (Fsp3) is 0.196. The minimum Gasteiger partial charge on any atom is -0.287 e. The third kappa shape index (κ3) is 14.5. The van der Waals surface area contributed by atoms with Gasteiger partial charge in [0.1, 0.15) is 6.15 Å². The Kier molecular flexibility index (Phi) is 17.1. The zero-order valence-electron chi connectivity index (χ0n) is 36.5. The van der Waals surface area contributed by atoms with Crippen LogP contribution in [0.1, 0.15) is 60.6 Å². The van der Waals surface area contributed by atoms with E-state index in [1.165, 1.54) is 0 Å². The van der Waals surface area contributed by atoms with Crippen LogP contribution >= 0.6 is 31.9 Å². The van der Waals surface area contributed by atoms with Crippen molar-refractivity contribution in [1.82, 2.24) is 4.98 Å². The number of aromatic nitrogens is 2. The molecule has 0 saturated carbocycles. The van der Waals surface area contributed by atoms with E-state index in [1.54, 1.807) is 18.6 Å². The lowest BCUT2D eigenvalue weighted by molar-refractivity contribution is -0.685. The Balaban J connectivity index is 0.000000468. The molecule has 0 fully saturated rings. The Morgan fingerprint density at radius 2 is 0.697 bits per heavy atom. The van der Waals surface area contributed by atoms with E-state index in [-0.39, 0.29) is 12.3 Å². The first-order valence-electron chi connectivity index (χ1n) is 20.2. The molecule has 6 aromatic rings. The van der Waals surface area contributed by atoms with E-state index in [1.807, 2.05) is 41.0 Å². The fourth-order valence-corrected chi connectivity index (χ4v) is 8.18. The average molecular weight is 1250 g/mol. The molecule has 76 heavy (non-hydrogen) atoms. The summed E-state index contributed by atoms with van der Waals surface area (Å²) in [5.74, 6) is 0.0668. The molecule has 30 heteroatoms. The van der Waals surface area contributed by atoms with Crippen molar-refractivity contribution in [2.45, 2.75) is 56.0 Å². The lowest BCUT2D eigenvalue weighted by Gasteiger charge is -2.46. The molecule has 0 radical (unpaired) electrons. The Morgan fingerprint density at radius 3 is 0.934 bits per heavy atom. The number of alkyl halides is 24. The quantitative estimate of drug-likeness (QED) is 0.0659. The molecule has 0 aliphatic carbocycles. The topological polar surface area (TPSA) is 33.8 Å². The lowest BCUT2D eigenvalue weighted by Crippen LogP contribution is -2.75. The van der Waals surface area contributed by atoms with Crippen molar-refractivity contribution in [2.75, 3.05) is 0 Å². The number of hydrogen-bond donors (Lipinski definition) is 0. The highest BCUT2D eigenvalue weighted by Crippen LogP contribution is 2.41. The molecule has 3 nitrogen and oxygen atoms in total. The molecular formula is C46H23BBr2F24N2O. The second-order valence-electron chi connectivity index (χ2n) is 16.1. The van der Waals surface area contributed by atoms with Gasteiger partial charge in [-0.2, -0.15) is 132 Å². The Morgan fingerprint density at radius 1 is 0.434 bits per heavy atom. The van der Waals surface area contributed by atoms with Crippen LogP contribution in [-0.2, 0) is 56.0 Å². The third-order valence-electron chi connectivity index (χ3n) is 11.0. The summed E-state index contributed by atoms with van der Waals surface area (Å²) in [4.78, 5) is 16.2. The molecule has 5 aromatic carbocycles. The largest absolute Gasteiger partial charge is 0.416 e.